The van der Waals surface area contributed by atoms with Crippen LogP contribution in [0.15, 0.2) is 79.7 Å². The second kappa shape index (κ2) is 9.06. The predicted octanol–water partition coefficient (Wildman–Crippen LogP) is 5.79. The van der Waals surface area contributed by atoms with Gasteiger partial charge in [-0.15, -0.1) is 0 Å². The van der Waals surface area contributed by atoms with E-state index >= 15 is 0 Å². The van der Waals surface area contributed by atoms with E-state index in [1.165, 1.54) is 11.9 Å². The molecule has 1 atom stereocenters. The van der Waals surface area contributed by atoms with E-state index in [0.717, 1.165) is 22.2 Å². The van der Waals surface area contributed by atoms with E-state index in [9.17, 15) is 0 Å². The summed E-state index contributed by atoms with van der Waals surface area (Å²) in [4.78, 5) is 8.75. The van der Waals surface area contributed by atoms with Crippen LogP contribution in [0.5, 0.6) is 11.5 Å². The molecule has 2 aromatic carbocycles. The van der Waals surface area contributed by atoms with Crippen molar-refractivity contribution < 1.29 is 9.47 Å². The molecule has 0 radical (unpaired) electrons. The third-order valence-electron chi connectivity index (χ3n) is 4.86. The predicted molar refractivity (Wildman–Crippen MR) is 119 cm³/mol. The number of rotatable bonds is 8. The van der Waals surface area contributed by atoms with Gasteiger partial charge < -0.3 is 14.8 Å². The standard InChI is InChI=1S/C24H25N3O2/c1-6-8-17(7-2)16(3)18-9-11-19(12-10-18)27-24-20-13-22(28-4)23(29-5)14-21(20)25-15-26-24/h6-16H,1-2H2,3-5H3,(H,25,26,27)/b17-8+/t16-/m0/s1. The number of nitrogens with zero attached hydrogens (tertiary/aromatic N) is 2. The fraction of sp³-hybridized carbons (Fsp3) is 0.167. The Balaban J connectivity index is 1.90. The lowest BCUT2D eigenvalue weighted by molar-refractivity contribution is 0.356. The summed E-state index contributed by atoms with van der Waals surface area (Å²) in [6.45, 7) is 9.81. The van der Waals surface area contributed by atoms with Gasteiger partial charge in [0.25, 0.3) is 0 Å². The monoisotopic (exact) mass is 387 g/mol. The van der Waals surface area contributed by atoms with Crippen LogP contribution >= 0.6 is 0 Å². The van der Waals surface area contributed by atoms with Crippen molar-refractivity contribution in [3.63, 3.8) is 0 Å². The van der Waals surface area contributed by atoms with Crippen LogP contribution in [0.25, 0.3) is 10.9 Å². The Kier molecular flexibility index (Phi) is 6.29. The summed E-state index contributed by atoms with van der Waals surface area (Å²) in [5.41, 5.74) is 4.03. The Bertz CT molecular complexity index is 1060. The van der Waals surface area contributed by atoms with Crippen molar-refractivity contribution in [3.05, 3.63) is 85.2 Å². The van der Waals surface area contributed by atoms with Crippen molar-refractivity contribution >= 4 is 22.4 Å². The number of hydrogen-bond acceptors (Lipinski definition) is 5. The Morgan fingerprint density at radius 1 is 1.03 bits per heavy atom. The van der Waals surface area contributed by atoms with Crippen LogP contribution < -0.4 is 14.8 Å². The third-order valence-corrected chi connectivity index (χ3v) is 4.86. The van der Waals surface area contributed by atoms with Gasteiger partial charge in [0.05, 0.1) is 19.7 Å². The minimum Gasteiger partial charge on any atom is -0.493 e. The van der Waals surface area contributed by atoms with Crippen molar-refractivity contribution in [1.29, 1.82) is 0 Å². The molecule has 0 unspecified atom stereocenters. The van der Waals surface area contributed by atoms with Gasteiger partial charge in [0, 0.05) is 23.1 Å². The molecule has 0 aliphatic carbocycles. The molecule has 0 aliphatic rings. The smallest absolute Gasteiger partial charge is 0.162 e. The molecule has 3 rings (SSSR count). The minimum atomic E-state index is 0.233. The normalized spacial score (nSPS) is 12.3. The number of allylic oxidation sites excluding steroid dienone is 4. The van der Waals surface area contributed by atoms with Crippen LogP contribution in [0.3, 0.4) is 0 Å². The first-order valence-electron chi connectivity index (χ1n) is 9.30. The Morgan fingerprint density at radius 3 is 2.34 bits per heavy atom. The summed E-state index contributed by atoms with van der Waals surface area (Å²) in [6.07, 6.45) is 7.17. The third kappa shape index (κ3) is 4.29. The highest BCUT2D eigenvalue weighted by atomic mass is 16.5. The molecule has 0 saturated heterocycles. The molecule has 0 spiro atoms. The molecule has 148 valence electrons. The number of aromatic nitrogens is 2. The summed E-state index contributed by atoms with van der Waals surface area (Å²) in [7, 11) is 3.22. The summed E-state index contributed by atoms with van der Waals surface area (Å²) in [5, 5.41) is 4.22. The van der Waals surface area contributed by atoms with Gasteiger partial charge in [-0.3, -0.25) is 0 Å². The maximum absolute atomic E-state index is 5.42. The molecular formula is C24H25N3O2. The summed E-state index contributed by atoms with van der Waals surface area (Å²) in [5.74, 6) is 2.20. The molecule has 29 heavy (non-hydrogen) atoms. The SMILES string of the molecule is C=C/C=C(\C=C)[C@H](C)c1ccc(Nc2ncnc3cc(OC)c(OC)cc23)cc1. The lowest BCUT2D eigenvalue weighted by Gasteiger charge is -2.15. The second-order valence-electron chi connectivity index (χ2n) is 6.52. The second-order valence-corrected chi connectivity index (χ2v) is 6.52. The maximum atomic E-state index is 5.42. The van der Waals surface area contributed by atoms with Gasteiger partial charge in [0.2, 0.25) is 0 Å². The van der Waals surface area contributed by atoms with Gasteiger partial charge in [0.15, 0.2) is 11.5 Å². The van der Waals surface area contributed by atoms with Crippen LogP contribution in [-0.2, 0) is 0 Å². The van der Waals surface area contributed by atoms with Crippen molar-refractivity contribution in [2.24, 2.45) is 0 Å². The summed E-state index contributed by atoms with van der Waals surface area (Å²) >= 11 is 0. The Morgan fingerprint density at radius 2 is 1.72 bits per heavy atom. The maximum Gasteiger partial charge on any atom is 0.162 e. The molecule has 3 aromatic rings. The highest BCUT2D eigenvalue weighted by Gasteiger charge is 2.12. The lowest BCUT2D eigenvalue weighted by atomic mass is 9.92. The molecule has 1 N–H and O–H groups in total. The van der Waals surface area contributed by atoms with E-state index in [2.05, 4.69) is 47.5 Å². The zero-order valence-corrected chi connectivity index (χ0v) is 17.0. The highest BCUT2D eigenvalue weighted by molar-refractivity contribution is 5.93. The molecule has 1 heterocycles. The Hall–Kier alpha value is -3.60. The van der Waals surface area contributed by atoms with Crippen molar-refractivity contribution in [2.45, 2.75) is 12.8 Å². The van der Waals surface area contributed by atoms with Crippen LogP contribution in [0.4, 0.5) is 11.5 Å². The van der Waals surface area contributed by atoms with E-state index in [1.54, 1.807) is 20.3 Å². The lowest BCUT2D eigenvalue weighted by Crippen LogP contribution is -1.99. The zero-order valence-electron chi connectivity index (χ0n) is 17.0. The van der Waals surface area contributed by atoms with Crippen LogP contribution in [-0.4, -0.2) is 24.2 Å². The van der Waals surface area contributed by atoms with Crippen molar-refractivity contribution in [2.75, 3.05) is 19.5 Å². The van der Waals surface area contributed by atoms with E-state index in [0.29, 0.717) is 17.3 Å². The number of benzene rings is 2. The van der Waals surface area contributed by atoms with Crippen LogP contribution in [0, 0.1) is 0 Å². The number of anilines is 2. The summed E-state index contributed by atoms with van der Waals surface area (Å²) < 4.78 is 10.8. The number of methoxy groups -OCH3 is 2. The first-order valence-corrected chi connectivity index (χ1v) is 9.30. The molecule has 0 saturated carbocycles. The quantitative estimate of drug-likeness (QED) is 0.496. The number of nitrogens with one attached hydrogen (secondary N) is 1. The van der Waals surface area contributed by atoms with Gasteiger partial charge in [-0.25, -0.2) is 9.97 Å². The fourth-order valence-corrected chi connectivity index (χ4v) is 3.19. The zero-order chi connectivity index (χ0) is 20.8. The summed E-state index contributed by atoms with van der Waals surface area (Å²) in [6, 6.07) is 12.0. The van der Waals surface area contributed by atoms with Gasteiger partial charge in [-0.2, -0.15) is 0 Å². The molecule has 0 bridgehead atoms. The van der Waals surface area contributed by atoms with Crippen LogP contribution in [0.2, 0.25) is 0 Å². The number of fused-ring (bicyclic) bond motifs is 1. The topological polar surface area (TPSA) is 56.3 Å². The van der Waals surface area contributed by atoms with Crippen molar-refractivity contribution in [1.82, 2.24) is 9.97 Å². The molecule has 0 fully saturated rings. The van der Waals surface area contributed by atoms with Crippen LogP contribution in [0.1, 0.15) is 18.4 Å². The average Bonchev–Trinajstić information content (AvgIpc) is 2.76. The van der Waals surface area contributed by atoms with Crippen molar-refractivity contribution in [3.8, 4) is 11.5 Å². The van der Waals surface area contributed by atoms with Gasteiger partial charge in [-0.05, 0) is 29.3 Å². The number of ether oxygens (including phenoxy) is 2. The molecule has 5 heteroatoms. The first kappa shape index (κ1) is 20.1. The Labute approximate surface area is 171 Å². The average molecular weight is 387 g/mol. The van der Waals surface area contributed by atoms with E-state index < -0.39 is 0 Å². The van der Waals surface area contributed by atoms with E-state index in [1.807, 2.05) is 36.4 Å². The fourth-order valence-electron chi connectivity index (χ4n) is 3.19. The van der Waals surface area contributed by atoms with Gasteiger partial charge in [-0.1, -0.05) is 50.4 Å². The molecular weight excluding hydrogens is 362 g/mol. The van der Waals surface area contributed by atoms with Gasteiger partial charge >= 0.3 is 0 Å². The molecule has 1 aromatic heterocycles. The first-order chi connectivity index (χ1) is 14.1. The van der Waals surface area contributed by atoms with E-state index in [-0.39, 0.29) is 5.92 Å². The number of hydrogen-bond donors (Lipinski definition) is 1. The minimum absolute atomic E-state index is 0.233. The molecule has 0 amide bonds. The largest absolute Gasteiger partial charge is 0.493 e. The molecule has 5 nitrogen and oxygen atoms in total. The van der Waals surface area contributed by atoms with E-state index in [4.69, 9.17) is 9.47 Å². The van der Waals surface area contributed by atoms with Gasteiger partial charge in [0.1, 0.15) is 12.1 Å². The molecule has 0 aliphatic heterocycles. The highest BCUT2D eigenvalue weighted by Crippen LogP contribution is 2.34.